The Bertz CT molecular complexity index is 1000. The predicted molar refractivity (Wildman–Crippen MR) is 99.4 cm³/mol. The lowest BCUT2D eigenvalue weighted by molar-refractivity contribution is 0.0694. The molecule has 2 aliphatic heterocycles. The third-order valence-corrected chi connectivity index (χ3v) is 5.21. The number of piperazine rings is 1. The monoisotopic (exact) mass is 394 g/mol. The van der Waals surface area contributed by atoms with Crippen molar-refractivity contribution in [3.63, 3.8) is 0 Å². The van der Waals surface area contributed by atoms with Crippen LogP contribution < -0.4 is 20.1 Å². The van der Waals surface area contributed by atoms with Crippen molar-refractivity contribution in [2.75, 3.05) is 63.1 Å². The maximum atomic E-state index is 15.1. The number of ether oxygens (including phenoxy) is 1. The number of halogens is 2. The molecule has 0 unspecified atom stereocenters. The molecule has 3 heterocycles. The average Bonchev–Trinajstić information content (AvgIpc) is 2.66. The van der Waals surface area contributed by atoms with Gasteiger partial charge in [0.25, 0.3) is 0 Å². The zero-order valence-electron chi connectivity index (χ0n) is 15.3. The first-order chi connectivity index (χ1) is 13.4. The summed E-state index contributed by atoms with van der Waals surface area (Å²) in [5.41, 5.74) is -0.799. The van der Waals surface area contributed by atoms with Gasteiger partial charge in [0, 0.05) is 32.4 Å². The molecule has 0 aliphatic carbocycles. The Balaban J connectivity index is 1.99. The minimum absolute atomic E-state index is 0.0578. The fraction of sp³-hybridized carbons (Fsp3) is 0.444. The van der Waals surface area contributed by atoms with E-state index in [9.17, 15) is 19.1 Å². The fourth-order valence-corrected chi connectivity index (χ4v) is 3.71. The Labute approximate surface area is 159 Å². The van der Waals surface area contributed by atoms with Gasteiger partial charge >= 0.3 is 5.97 Å². The molecule has 0 spiro atoms. The Morgan fingerprint density at radius 3 is 2.64 bits per heavy atom. The highest BCUT2D eigenvalue weighted by atomic mass is 19.1. The number of nitrogens with zero attached hydrogens (tertiary/aromatic N) is 4. The first-order valence-corrected chi connectivity index (χ1v) is 8.95. The van der Waals surface area contributed by atoms with Crippen LogP contribution in [-0.4, -0.2) is 73.8 Å². The van der Waals surface area contributed by atoms with Gasteiger partial charge in [0.1, 0.15) is 23.4 Å². The SMILES string of the molecule is CN1CCN(c2c(F)cc3c(=O)c(C(=O)O)cn4c3c2OCN4CCF)CC1. The van der Waals surface area contributed by atoms with E-state index in [4.69, 9.17) is 4.74 Å². The standard InChI is InChI=1S/C18H20F2N4O4/c1-21-4-6-22(7-5-21)15-13(20)8-11-14-17(15)28-10-23(3-2-19)24(14)9-12(16(11)25)18(26)27/h8-9H,2-7,10H2,1H3,(H,26,27). The van der Waals surface area contributed by atoms with Gasteiger partial charge in [-0.05, 0) is 13.1 Å². The lowest BCUT2D eigenvalue weighted by Crippen LogP contribution is -2.47. The number of benzene rings is 1. The highest BCUT2D eigenvalue weighted by molar-refractivity contribution is 5.97. The molecule has 1 aromatic carbocycles. The first kappa shape index (κ1) is 18.5. The van der Waals surface area contributed by atoms with Gasteiger partial charge < -0.3 is 19.6 Å². The minimum Gasteiger partial charge on any atom is -0.477 e. The van der Waals surface area contributed by atoms with E-state index in [1.165, 1.54) is 9.69 Å². The molecule has 2 aromatic rings. The van der Waals surface area contributed by atoms with Gasteiger partial charge in [-0.15, -0.1) is 0 Å². The van der Waals surface area contributed by atoms with Crippen LogP contribution in [0.15, 0.2) is 17.1 Å². The molecule has 4 rings (SSSR count). The van der Waals surface area contributed by atoms with Crippen molar-refractivity contribution in [1.29, 1.82) is 0 Å². The van der Waals surface area contributed by atoms with E-state index >= 15 is 4.39 Å². The molecule has 0 radical (unpaired) electrons. The average molecular weight is 394 g/mol. The molecular weight excluding hydrogens is 374 g/mol. The summed E-state index contributed by atoms with van der Waals surface area (Å²) in [4.78, 5) is 28.1. The number of anilines is 1. The summed E-state index contributed by atoms with van der Waals surface area (Å²) in [7, 11) is 1.98. The van der Waals surface area contributed by atoms with Gasteiger partial charge in [-0.3, -0.25) is 14.5 Å². The molecule has 0 saturated carbocycles. The number of aromatic nitrogens is 1. The van der Waals surface area contributed by atoms with Crippen LogP contribution >= 0.6 is 0 Å². The Kier molecular flexibility index (Phi) is 4.58. The highest BCUT2D eigenvalue weighted by Crippen LogP contribution is 2.40. The van der Waals surface area contributed by atoms with Gasteiger partial charge in [0.05, 0.1) is 11.9 Å². The van der Waals surface area contributed by atoms with Gasteiger partial charge in [-0.2, -0.15) is 0 Å². The van der Waals surface area contributed by atoms with Crippen LogP contribution in [-0.2, 0) is 0 Å². The molecule has 1 saturated heterocycles. The second kappa shape index (κ2) is 6.93. The Morgan fingerprint density at radius 1 is 1.29 bits per heavy atom. The van der Waals surface area contributed by atoms with Crippen LogP contribution in [0.2, 0.25) is 0 Å². The number of likely N-dealkylation sites (N-methyl/N-ethyl adjacent to an activating group) is 1. The molecule has 0 atom stereocenters. The van der Waals surface area contributed by atoms with E-state index in [1.54, 1.807) is 0 Å². The minimum atomic E-state index is -1.42. The number of carbonyl (C=O) groups is 1. The van der Waals surface area contributed by atoms with Crippen LogP contribution in [0.25, 0.3) is 10.9 Å². The van der Waals surface area contributed by atoms with Crippen molar-refractivity contribution in [1.82, 2.24) is 9.58 Å². The second-order valence-corrected chi connectivity index (χ2v) is 6.94. The molecule has 0 bridgehead atoms. The van der Waals surface area contributed by atoms with E-state index in [-0.39, 0.29) is 35.6 Å². The van der Waals surface area contributed by atoms with E-state index in [2.05, 4.69) is 4.90 Å². The van der Waals surface area contributed by atoms with Crippen LogP contribution in [0.5, 0.6) is 5.75 Å². The van der Waals surface area contributed by atoms with Crippen LogP contribution in [0.1, 0.15) is 10.4 Å². The van der Waals surface area contributed by atoms with E-state index in [0.29, 0.717) is 13.1 Å². The zero-order valence-corrected chi connectivity index (χ0v) is 15.3. The van der Waals surface area contributed by atoms with Gasteiger partial charge in [-0.1, -0.05) is 0 Å². The van der Waals surface area contributed by atoms with Crippen molar-refractivity contribution < 1.29 is 23.4 Å². The van der Waals surface area contributed by atoms with Crippen molar-refractivity contribution >= 4 is 22.6 Å². The van der Waals surface area contributed by atoms with Crippen molar-refractivity contribution in [3.05, 3.63) is 33.9 Å². The zero-order chi connectivity index (χ0) is 20.0. The number of aromatic carboxylic acids is 1. The quantitative estimate of drug-likeness (QED) is 0.824. The smallest absolute Gasteiger partial charge is 0.341 e. The van der Waals surface area contributed by atoms with Gasteiger partial charge in [0.2, 0.25) is 5.43 Å². The molecule has 1 N–H and O–H groups in total. The van der Waals surface area contributed by atoms with E-state index in [1.807, 2.05) is 11.9 Å². The third kappa shape index (κ3) is 2.84. The Hall–Kier alpha value is -2.88. The van der Waals surface area contributed by atoms with Crippen molar-refractivity contribution in [2.24, 2.45) is 0 Å². The maximum absolute atomic E-state index is 15.1. The van der Waals surface area contributed by atoms with E-state index in [0.717, 1.165) is 25.4 Å². The predicted octanol–water partition coefficient (Wildman–Crippen LogP) is 0.848. The summed E-state index contributed by atoms with van der Waals surface area (Å²) in [5.74, 6) is -1.88. The highest BCUT2D eigenvalue weighted by Gasteiger charge is 2.31. The topological polar surface area (TPSA) is 78.2 Å². The van der Waals surface area contributed by atoms with Crippen molar-refractivity contribution in [3.8, 4) is 5.75 Å². The second-order valence-electron chi connectivity index (χ2n) is 6.94. The lowest BCUT2D eigenvalue weighted by Gasteiger charge is -2.38. The van der Waals surface area contributed by atoms with E-state index < -0.39 is 29.5 Å². The lowest BCUT2D eigenvalue weighted by atomic mass is 10.1. The summed E-state index contributed by atoms with van der Waals surface area (Å²) in [5, 5.41) is 10.7. The van der Waals surface area contributed by atoms with Crippen LogP contribution in [0.4, 0.5) is 14.5 Å². The molecule has 10 heteroatoms. The molecule has 0 amide bonds. The number of hydrogen-bond acceptors (Lipinski definition) is 6. The largest absolute Gasteiger partial charge is 0.477 e. The number of alkyl halides is 1. The van der Waals surface area contributed by atoms with Gasteiger partial charge in [0.15, 0.2) is 18.3 Å². The number of carboxylic acid groups (broad SMARTS) is 1. The summed E-state index contributed by atoms with van der Waals surface area (Å²) in [6.45, 7) is 1.82. The Morgan fingerprint density at radius 2 is 2.00 bits per heavy atom. The molecular formula is C18H20F2N4O4. The number of rotatable bonds is 4. The van der Waals surface area contributed by atoms with Crippen LogP contribution in [0.3, 0.4) is 0 Å². The molecule has 28 heavy (non-hydrogen) atoms. The van der Waals surface area contributed by atoms with Crippen LogP contribution in [0, 0.1) is 5.82 Å². The molecule has 150 valence electrons. The maximum Gasteiger partial charge on any atom is 0.341 e. The van der Waals surface area contributed by atoms with Gasteiger partial charge in [-0.25, -0.2) is 13.6 Å². The number of pyridine rings is 1. The summed E-state index contributed by atoms with van der Waals surface area (Å²) >= 11 is 0. The molecule has 8 nitrogen and oxygen atoms in total. The third-order valence-electron chi connectivity index (χ3n) is 5.21. The number of hydrogen-bond donors (Lipinski definition) is 1. The fourth-order valence-electron chi connectivity index (χ4n) is 3.71. The molecule has 2 aliphatic rings. The molecule has 1 aromatic heterocycles. The molecule has 1 fully saturated rings. The first-order valence-electron chi connectivity index (χ1n) is 8.95. The summed E-state index contributed by atoms with van der Waals surface area (Å²) in [6, 6.07) is 1.06. The normalized spacial score (nSPS) is 17.1. The van der Waals surface area contributed by atoms with Crippen molar-refractivity contribution in [2.45, 2.75) is 0 Å². The summed E-state index contributed by atoms with van der Waals surface area (Å²) < 4.78 is 35.2. The number of carboxylic acids is 1. The summed E-state index contributed by atoms with van der Waals surface area (Å²) in [6.07, 6.45) is 1.15.